The fourth-order valence-corrected chi connectivity index (χ4v) is 3.31. The van der Waals surface area contributed by atoms with Crippen LogP contribution >= 0.6 is 0 Å². The Bertz CT molecular complexity index is 976. The molecule has 0 spiro atoms. The molecule has 31 heavy (non-hydrogen) atoms. The van der Waals surface area contributed by atoms with Crippen LogP contribution in [-0.2, 0) is 19.1 Å². The molecule has 3 amide bonds. The van der Waals surface area contributed by atoms with Crippen LogP contribution in [0.25, 0.3) is 0 Å². The van der Waals surface area contributed by atoms with Gasteiger partial charge in [-0.05, 0) is 31.5 Å². The van der Waals surface area contributed by atoms with Crippen molar-refractivity contribution in [3.05, 3.63) is 71.3 Å². The summed E-state index contributed by atoms with van der Waals surface area (Å²) in [5.74, 6) is -2.64. The van der Waals surface area contributed by atoms with Gasteiger partial charge in [-0.3, -0.25) is 29.6 Å². The van der Waals surface area contributed by atoms with Gasteiger partial charge in [0.05, 0.1) is 18.5 Å². The summed E-state index contributed by atoms with van der Waals surface area (Å²) in [6, 6.07) is 16.1. The summed E-state index contributed by atoms with van der Waals surface area (Å²) < 4.78 is 5.08. The number of hydrogen-bond acceptors (Lipinski definition) is 5. The number of carbonyl (C=O) groups is 4. The summed E-state index contributed by atoms with van der Waals surface area (Å²) in [6.07, 6.45) is -0.0883. The molecular weight excluding hydrogens is 398 g/mol. The second-order valence-electron chi connectivity index (χ2n) is 7.52. The van der Waals surface area contributed by atoms with Crippen molar-refractivity contribution in [2.75, 3.05) is 13.2 Å². The van der Waals surface area contributed by atoms with E-state index in [0.717, 1.165) is 16.1 Å². The molecule has 2 aromatic rings. The van der Waals surface area contributed by atoms with Crippen LogP contribution in [0.4, 0.5) is 0 Å². The van der Waals surface area contributed by atoms with Gasteiger partial charge in [-0.1, -0.05) is 48.0 Å². The lowest BCUT2D eigenvalue weighted by Crippen LogP contribution is -2.43. The Morgan fingerprint density at radius 1 is 1.13 bits per heavy atom. The molecule has 2 N–H and O–H groups in total. The topological polar surface area (TPSA) is 105 Å². The van der Waals surface area contributed by atoms with Crippen molar-refractivity contribution in [1.29, 1.82) is 0 Å². The molecule has 0 aromatic heterocycles. The van der Waals surface area contributed by atoms with Crippen LogP contribution in [0.1, 0.15) is 40.9 Å². The average Bonchev–Trinajstić information content (AvgIpc) is 3.13. The Kier molecular flexibility index (Phi) is 7.02. The first-order valence-electron chi connectivity index (χ1n) is 10.0. The Morgan fingerprint density at radius 2 is 1.87 bits per heavy atom. The van der Waals surface area contributed by atoms with Crippen molar-refractivity contribution in [2.45, 2.75) is 26.3 Å². The van der Waals surface area contributed by atoms with Gasteiger partial charge >= 0.3 is 5.97 Å². The molecule has 0 saturated carbocycles. The zero-order valence-corrected chi connectivity index (χ0v) is 17.5. The van der Waals surface area contributed by atoms with Crippen molar-refractivity contribution in [3.8, 4) is 0 Å². The SMILES string of the molecule is Cc1cccc(C(=O)NN2C[C@H](C(=O)OCC(=O)N[C@@H](C)c3ccccc3)CC2=O)c1. The molecule has 2 atom stereocenters. The van der Waals surface area contributed by atoms with E-state index in [4.69, 9.17) is 4.74 Å². The Labute approximate surface area is 180 Å². The zero-order chi connectivity index (χ0) is 22.4. The molecule has 1 aliphatic heterocycles. The lowest BCUT2D eigenvalue weighted by molar-refractivity contribution is -0.152. The van der Waals surface area contributed by atoms with Crippen molar-refractivity contribution >= 4 is 23.7 Å². The Morgan fingerprint density at radius 3 is 2.58 bits per heavy atom. The van der Waals surface area contributed by atoms with Crippen LogP contribution in [-0.4, -0.2) is 41.9 Å². The molecule has 8 nitrogen and oxygen atoms in total. The first kappa shape index (κ1) is 22.0. The molecule has 8 heteroatoms. The van der Waals surface area contributed by atoms with Gasteiger partial charge in [0.25, 0.3) is 11.8 Å². The molecule has 3 rings (SSSR count). The van der Waals surface area contributed by atoms with Gasteiger partial charge in [0.15, 0.2) is 6.61 Å². The van der Waals surface area contributed by atoms with E-state index in [0.29, 0.717) is 5.56 Å². The standard InChI is InChI=1S/C23H25N3O5/c1-15-7-6-10-18(11-15)22(29)25-26-13-19(12-21(26)28)23(30)31-14-20(27)24-16(2)17-8-4-3-5-9-17/h3-11,16,19H,12-14H2,1-2H3,(H,24,27)(H,25,29)/t16-,19+/m0/s1. The smallest absolute Gasteiger partial charge is 0.311 e. The maximum atomic E-state index is 12.3. The summed E-state index contributed by atoms with van der Waals surface area (Å²) in [5.41, 5.74) is 4.80. The predicted molar refractivity (Wildman–Crippen MR) is 112 cm³/mol. The number of rotatable bonds is 7. The number of ether oxygens (including phenoxy) is 1. The van der Waals surface area contributed by atoms with E-state index in [9.17, 15) is 19.2 Å². The molecular formula is C23H25N3O5. The molecule has 1 aliphatic rings. The van der Waals surface area contributed by atoms with E-state index in [2.05, 4.69) is 10.7 Å². The third-order valence-electron chi connectivity index (χ3n) is 5.00. The van der Waals surface area contributed by atoms with Gasteiger partial charge in [-0.15, -0.1) is 0 Å². The highest BCUT2D eigenvalue weighted by Crippen LogP contribution is 2.18. The Hall–Kier alpha value is -3.68. The van der Waals surface area contributed by atoms with Crippen LogP contribution in [0.5, 0.6) is 0 Å². The van der Waals surface area contributed by atoms with Crippen LogP contribution in [0, 0.1) is 12.8 Å². The summed E-state index contributed by atoms with van der Waals surface area (Å²) >= 11 is 0. The molecule has 1 saturated heterocycles. The average molecular weight is 423 g/mol. The van der Waals surface area contributed by atoms with E-state index in [1.165, 1.54) is 0 Å². The second-order valence-corrected chi connectivity index (χ2v) is 7.52. The fourth-order valence-electron chi connectivity index (χ4n) is 3.31. The molecule has 2 aromatic carbocycles. The molecule has 1 heterocycles. The number of aryl methyl sites for hydroxylation is 1. The highest BCUT2D eigenvalue weighted by molar-refractivity contribution is 5.96. The van der Waals surface area contributed by atoms with Gasteiger partial charge in [-0.2, -0.15) is 0 Å². The van der Waals surface area contributed by atoms with Gasteiger partial charge < -0.3 is 10.1 Å². The molecule has 162 valence electrons. The maximum absolute atomic E-state index is 12.3. The van der Waals surface area contributed by atoms with Crippen molar-refractivity contribution in [2.24, 2.45) is 5.92 Å². The molecule has 0 unspecified atom stereocenters. The Balaban J connectivity index is 1.46. The quantitative estimate of drug-likeness (QED) is 0.662. The third kappa shape index (κ3) is 5.91. The number of amides is 3. The van der Waals surface area contributed by atoms with Crippen molar-refractivity contribution in [3.63, 3.8) is 0 Å². The summed E-state index contributed by atoms with van der Waals surface area (Å²) in [7, 11) is 0. The lowest BCUT2D eigenvalue weighted by atomic mass is 10.1. The fraction of sp³-hybridized carbons (Fsp3) is 0.304. The number of carbonyl (C=O) groups excluding carboxylic acids is 4. The summed E-state index contributed by atoms with van der Waals surface area (Å²) in [5, 5.41) is 3.88. The van der Waals surface area contributed by atoms with Crippen molar-refractivity contribution in [1.82, 2.24) is 15.8 Å². The van der Waals surface area contributed by atoms with E-state index >= 15 is 0 Å². The normalized spacial score (nSPS) is 16.5. The predicted octanol–water partition coefficient (Wildman–Crippen LogP) is 1.91. The van der Waals surface area contributed by atoms with Crippen LogP contribution in [0.15, 0.2) is 54.6 Å². The van der Waals surface area contributed by atoms with E-state index in [-0.39, 0.29) is 24.9 Å². The second kappa shape index (κ2) is 9.88. The first-order chi connectivity index (χ1) is 14.8. The van der Waals surface area contributed by atoms with Crippen LogP contribution in [0.3, 0.4) is 0 Å². The largest absolute Gasteiger partial charge is 0.455 e. The molecule has 0 radical (unpaired) electrons. The number of hydrazine groups is 1. The molecule has 0 bridgehead atoms. The van der Waals surface area contributed by atoms with Gasteiger partial charge in [-0.25, -0.2) is 0 Å². The highest BCUT2D eigenvalue weighted by Gasteiger charge is 2.36. The highest BCUT2D eigenvalue weighted by atomic mass is 16.5. The zero-order valence-electron chi connectivity index (χ0n) is 17.5. The number of benzene rings is 2. The monoisotopic (exact) mass is 423 g/mol. The van der Waals surface area contributed by atoms with E-state index < -0.39 is 30.3 Å². The van der Waals surface area contributed by atoms with E-state index in [1.54, 1.807) is 18.2 Å². The van der Waals surface area contributed by atoms with Crippen LogP contribution in [0.2, 0.25) is 0 Å². The van der Waals surface area contributed by atoms with Gasteiger partial charge in [0, 0.05) is 12.0 Å². The van der Waals surface area contributed by atoms with E-state index in [1.807, 2.05) is 50.2 Å². The summed E-state index contributed by atoms with van der Waals surface area (Å²) in [4.78, 5) is 48.9. The number of nitrogens with zero attached hydrogens (tertiary/aromatic N) is 1. The lowest BCUT2D eigenvalue weighted by Gasteiger charge is -2.18. The number of nitrogens with one attached hydrogen (secondary N) is 2. The molecule has 1 fully saturated rings. The maximum Gasteiger partial charge on any atom is 0.311 e. The number of hydrogen-bond donors (Lipinski definition) is 2. The van der Waals surface area contributed by atoms with Gasteiger partial charge in [0.2, 0.25) is 5.91 Å². The summed E-state index contributed by atoms with van der Waals surface area (Å²) in [6.45, 7) is 3.26. The van der Waals surface area contributed by atoms with Gasteiger partial charge in [0.1, 0.15) is 0 Å². The first-order valence-corrected chi connectivity index (χ1v) is 10.0. The minimum atomic E-state index is -0.746. The minimum absolute atomic E-state index is 0.00272. The van der Waals surface area contributed by atoms with Crippen molar-refractivity contribution < 1.29 is 23.9 Å². The minimum Gasteiger partial charge on any atom is -0.455 e. The third-order valence-corrected chi connectivity index (χ3v) is 5.00. The number of esters is 1. The molecule has 0 aliphatic carbocycles. The van der Waals surface area contributed by atoms with Crippen LogP contribution < -0.4 is 10.7 Å².